The minimum absolute atomic E-state index is 0.194. The zero-order chi connectivity index (χ0) is 23.0. The number of hydrogen-bond acceptors (Lipinski definition) is 4. The number of amides is 1. The van der Waals surface area contributed by atoms with Crippen LogP contribution in [0.1, 0.15) is 52.3 Å². The summed E-state index contributed by atoms with van der Waals surface area (Å²) >= 11 is 0. The van der Waals surface area contributed by atoms with Crippen LogP contribution in [0.3, 0.4) is 0 Å². The smallest absolute Gasteiger partial charge is 0.340 e. The van der Waals surface area contributed by atoms with Crippen LogP contribution in [0.4, 0.5) is 0 Å². The molecule has 1 aromatic heterocycles. The third-order valence-electron chi connectivity index (χ3n) is 5.14. The molecular formula is C25H29N3O3. The van der Waals surface area contributed by atoms with Crippen molar-refractivity contribution in [2.75, 3.05) is 13.2 Å². The number of carbonyl (C=O) groups is 2. The van der Waals surface area contributed by atoms with E-state index in [1.807, 2.05) is 37.5 Å². The second-order valence-electron chi connectivity index (χ2n) is 7.07. The molecule has 162 valence electrons. The van der Waals surface area contributed by atoms with E-state index in [0.29, 0.717) is 36.3 Å². The van der Waals surface area contributed by atoms with E-state index in [-0.39, 0.29) is 18.5 Å². The molecule has 0 aliphatic heterocycles. The first-order valence-electron chi connectivity index (χ1n) is 10.3. The van der Waals surface area contributed by atoms with Gasteiger partial charge in [-0.05, 0) is 51.5 Å². The number of rotatable bonds is 9. The number of ether oxygens (including phenoxy) is 1. The summed E-state index contributed by atoms with van der Waals surface area (Å²) in [6, 6.07) is 9.21. The van der Waals surface area contributed by atoms with Gasteiger partial charge in [-0.25, -0.2) is 4.79 Å². The normalized spacial score (nSPS) is 10.7. The molecule has 0 atom stereocenters. The number of hydrogen-bond donors (Lipinski definition) is 0. The van der Waals surface area contributed by atoms with Crippen LogP contribution in [-0.2, 0) is 22.6 Å². The zero-order valence-corrected chi connectivity index (χ0v) is 18.6. The van der Waals surface area contributed by atoms with Gasteiger partial charge >= 0.3 is 5.97 Å². The molecule has 0 aliphatic rings. The molecule has 6 nitrogen and oxygen atoms in total. The third kappa shape index (κ3) is 5.52. The molecule has 0 radical (unpaired) electrons. The molecular weight excluding hydrogens is 390 g/mol. The Kier molecular flexibility index (Phi) is 8.39. The molecule has 1 aromatic carbocycles. The first-order chi connectivity index (χ1) is 14.9. The van der Waals surface area contributed by atoms with Gasteiger partial charge in [0.05, 0.1) is 23.8 Å². The van der Waals surface area contributed by atoms with Gasteiger partial charge in [0.15, 0.2) is 0 Å². The number of carbonyl (C=O) groups excluding carboxylic acids is 2. The van der Waals surface area contributed by atoms with Crippen molar-refractivity contribution < 1.29 is 14.3 Å². The molecule has 0 fully saturated rings. The first-order valence-corrected chi connectivity index (χ1v) is 10.3. The van der Waals surface area contributed by atoms with E-state index in [9.17, 15) is 9.59 Å². The highest BCUT2D eigenvalue weighted by Crippen LogP contribution is 2.25. The topological polar surface area (TPSA) is 75.3 Å². The van der Waals surface area contributed by atoms with Crippen molar-refractivity contribution >= 4 is 18.0 Å². The van der Waals surface area contributed by atoms with Crippen LogP contribution in [0.5, 0.6) is 0 Å². The highest BCUT2D eigenvalue weighted by molar-refractivity contribution is 5.98. The Morgan fingerprint density at radius 2 is 1.87 bits per heavy atom. The van der Waals surface area contributed by atoms with E-state index in [4.69, 9.17) is 10.00 Å². The Morgan fingerprint density at radius 1 is 1.19 bits per heavy atom. The number of aromatic nitrogens is 1. The lowest BCUT2D eigenvalue weighted by Crippen LogP contribution is -2.29. The summed E-state index contributed by atoms with van der Waals surface area (Å²) in [5, 5.41) is 8.95. The Labute approximate surface area is 184 Å². The van der Waals surface area contributed by atoms with Crippen LogP contribution in [-0.4, -0.2) is 34.5 Å². The summed E-state index contributed by atoms with van der Waals surface area (Å²) in [6.45, 7) is 13.1. The van der Waals surface area contributed by atoms with Gasteiger partial charge in [0.1, 0.15) is 0 Å². The van der Waals surface area contributed by atoms with E-state index in [2.05, 4.69) is 12.6 Å². The molecule has 1 amide bonds. The maximum atomic E-state index is 12.9. The van der Waals surface area contributed by atoms with Gasteiger partial charge in [0.25, 0.3) is 0 Å². The van der Waals surface area contributed by atoms with Crippen molar-refractivity contribution in [2.45, 2.75) is 40.8 Å². The van der Waals surface area contributed by atoms with E-state index in [1.165, 1.54) is 6.08 Å². The largest absolute Gasteiger partial charge is 0.462 e. The molecule has 31 heavy (non-hydrogen) atoms. The van der Waals surface area contributed by atoms with E-state index >= 15 is 0 Å². The number of nitrogens with zero attached hydrogens (tertiary/aromatic N) is 3. The summed E-state index contributed by atoms with van der Waals surface area (Å²) < 4.78 is 7.27. The maximum Gasteiger partial charge on any atom is 0.340 e. The van der Waals surface area contributed by atoms with Crippen LogP contribution >= 0.6 is 0 Å². The maximum absolute atomic E-state index is 12.9. The van der Waals surface area contributed by atoms with Gasteiger partial charge < -0.3 is 14.2 Å². The van der Waals surface area contributed by atoms with Gasteiger partial charge in [-0.15, -0.1) is 6.58 Å². The Morgan fingerprint density at radius 3 is 2.42 bits per heavy atom. The Bertz CT molecular complexity index is 1020. The summed E-state index contributed by atoms with van der Waals surface area (Å²) in [7, 11) is 0. The lowest BCUT2D eigenvalue weighted by atomic mass is 10.1. The van der Waals surface area contributed by atoms with Crippen molar-refractivity contribution in [1.82, 2.24) is 9.47 Å². The number of nitriles is 1. The van der Waals surface area contributed by atoms with Gasteiger partial charge in [-0.1, -0.05) is 18.2 Å². The minimum atomic E-state index is -0.386. The molecule has 0 bridgehead atoms. The molecule has 2 rings (SSSR count). The standard InChI is InChI=1S/C25H29N3O3/c1-6-15-27(17-21-11-9-20(16-26)10-12-21)23(29)14-13-22-18(4)28(7-2)19(5)24(22)25(30)31-8-3/h6,9-14H,1,7-8,15,17H2,2-5H3/b14-13+. The van der Waals surface area contributed by atoms with Gasteiger partial charge in [-0.2, -0.15) is 5.26 Å². The Balaban J connectivity index is 2.32. The molecule has 0 spiro atoms. The quantitative estimate of drug-likeness (QED) is 0.343. The SMILES string of the molecule is C=CCN(Cc1ccc(C#N)cc1)C(=O)/C=C/c1c(C(=O)OCC)c(C)n(CC)c1C. The number of esters is 1. The lowest BCUT2D eigenvalue weighted by Gasteiger charge is -2.19. The van der Waals surface area contributed by atoms with Crippen LogP contribution in [0.2, 0.25) is 0 Å². The molecule has 0 saturated heterocycles. The predicted molar refractivity (Wildman–Crippen MR) is 121 cm³/mol. The molecule has 1 heterocycles. The summed E-state index contributed by atoms with van der Waals surface area (Å²) in [5.74, 6) is -0.580. The van der Waals surface area contributed by atoms with Crippen molar-refractivity contribution in [3.05, 3.63) is 76.6 Å². The van der Waals surface area contributed by atoms with E-state index in [0.717, 1.165) is 17.0 Å². The molecule has 0 N–H and O–H groups in total. The van der Waals surface area contributed by atoms with Crippen LogP contribution in [0, 0.1) is 25.2 Å². The molecule has 0 aliphatic carbocycles. The average Bonchev–Trinajstić information content (AvgIpc) is 3.01. The van der Waals surface area contributed by atoms with Gasteiger partial charge in [0, 0.05) is 42.7 Å². The summed E-state index contributed by atoms with van der Waals surface area (Å²) in [6.07, 6.45) is 4.85. The van der Waals surface area contributed by atoms with Crippen LogP contribution in [0.25, 0.3) is 6.08 Å². The second kappa shape index (κ2) is 11.0. The van der Waals surface area contributed by atoms with Crippen molar-refractivity contribution in [1.29, 1.82) is 5.26 Å². The molecule has 6 heteroatoms. The lowest BCUT2D eigenvalue weighted by molar-refractivity contribution is -0.126. The van der Waals surface area contributed by atoms with Crippen LogP contribution < -0.4 is 0 Å². The number of benzene rings is 1. The fourth-order valence-electron chi connectivity index (χ4n) is 3.60. The van der Waals surface area contributed by atoms with Crippen LogP contribution in [0.15, 0.2) is 43.0 Å². The zero-order valence-electron chi connectivity index (χ0n) is 18.6. The highest BCUT2D eigenvalue weighted by Gasteiger charge is 2.22. The summed E-state index contributed by atoms with van der Waals surface area (Å²) in [4.78, 5) is 27.1. The Hall–Kier alpha value is -3.59. The first kappa shape index (κ1) is 23.7. The minimum Gasteiger partial charge on any atom is -0.462 e. The van der Waals surface area contributed by atoms with Crippen molar-refractivity contribution in [3.63, 3.8) is 0 Å². The molecule has 0 saturated carbocycles. The molecule has 2 aromatic rings. The summed E-state index contributed by atoms with van der Waals surface area (Å²) in [5.41, 5.74) is 4.42. The van der Waals surface area contributed by atoms with Crippen molar-refractivity contribution in [2.24, 2.45) is 0 Å². The average molecular weight is 420 g/mol. The molecule has 0 unspecified atom stereocenters. The van der Waals surface area contributed by atoms with E-state index in [1.54, 1.807) is 36.1 Å². The third-order valence-corrected chi connectivity index (χ3v) is 5.14. The second-order valence-corrected chi connectivity index (χ2v) is 7.07. The fraction of sp³-hybridized carbons (Fsp3) is 0.320. The fourth-order valence-corrected chi connectivity index (χ4v) is 3.60. The highest BCUT2D eigenvalue weighted by atomic mass is 16.5. The van der Waals surface area contributed by atoms with Crippen molar-refractivity contribution in [3.8, 4) is 6.07 Å². The van der Waals surface area contributed by atoms with Gasteiger partial charge in [-0.3, -0.25) is 4.79 Å². The monoisotopic (exact) mass is 419 g/mol. The van der Waals surface area contributed by atoms with Gasteiger partial charge in [0.2, 0.25) is 5.91 Å². The van der Waals surface area contributed by atoms with E-state index < -0.39 is 0 Å². The predicted octanol–water partition coefficient (Wildman–Crippen LogP) is 4.40.